The van der Waals surface area contributed by atoms with Crippen LogP contribution in [0, 0.1) is 0 Å². The third kappa shape index (κ3) is 3.99. The van der Waals surface area contributed by atoms with Crippen LogP contribution in [-0.2, 0) is 21.2 Å². The normalized spacial score (nSPS) is 20.7. The van der Waals surface area contributed by atoms with Crippen LogP contribution in [0.1, 0.15) is 33.0 Å². The molecule has 2 atom stereocenters. The lowest BCUT2D eigenvalue weighted by molar-refractivity contribution is -0.132. The highest BCUT2D eigenvalue weighted by atomic mass is 32.2. The van der Waals surface area contributed by atoms with Gasteiger partial charge in [0.2, 0.25) is 0 Å². The van der Waals surface area contributed by atoms with E-state index in [1.54, 1.807) is 67.8 Å². The number of methoxy groups -OCH3 is 1. The number of benzene rings is 4. The summed E-state index contributed by atoms with van der Waals surface area (Å²) in [4.78, 5) is 28.6. The van der Waals surface area contributed by atoms with E-state index >= 15 is 0 Å². The van der Waals surface area contributed by atoms with Crippen LogP contribution in [0.3, 0.4) is 0 Å². The molecule has 2 aliphatic rings. The van der Waals surface area contributed by atoms with Gasteiger partial charge in [-0.1, -0.05) is 84.9 Å². The standard InChI is InChI=1S/C32H26N2O5S/c1-39-28-18-10-8-16-24(28)26-20-27-25-17-9-11-19-29(25)40(37,38)34(27)31(36)32(26,21-22-12-4-2-5-13-22)33-30(35)23-14-6-3-7-15-23/h2-20,26H,21H2,1H3,(H,33,35)/t26-,32+/m0/s1. The van der Waals surface area contributed by atoms with Crippen molar-refractivity contribution in [1.29, 1.82) is 0 Å². The molecule has 1 N–H and O–H groups in total. The Bertz CT molecular complexity index is 1750. The van der Waals surface area contributed by atoms with Crippen molar-refractivity contribution in [3.05, 3.63) is 138 Å². The van der Waals surface area contributed by atoms with Crippen LogP contribution in [0.25, 0.3) is 5.70 Å². The zero-order chi connectivity index (χ0) is 27.9. The maximum Gasteiger partial charge on any atom is 0.271 e. The molecule has 0 bridgehead atoms. The van der Waals surface area contributed by atoms with Crippen LogP contribution < -0.4 is 10.1 Å². The Morgan fingerprint density at radius 3 is 2.23 bits per heavy atom. The molecule has 40 heavy (non-hydrogen) atoms. The lowest BCUT2D eigenvalue weighted by atomic mass is 9.71. The monoisotopic (exact) mass is 550 g/mol. The quantitative estimate of drug-likeness (QED) is 0.373. The molecule has 0 saturated carbocycles. The molecule has 2 aliphatic heterocycles. The van der Waals surface area contributed by atoms with E-state index in [1.807, 2.05) is 48.5 Å². The molecule has 0 radical (unpaired) electrons. The van der Waals surface area contributed by atoms with E-state index in [9.17, 15) is 18.0 Å². The zero-order valence-corrected chi connectivity index (χ0v) is 22.5. The first kappa shape index (κ1) is 25.6. The number of nitrogens with zero attached hydrogens (tertiary/aromatic N) is 1. The highest BCUT2D eigenvalue weighted by molar-refractivity contribution is 7.90. The third-order valence-corrected chi connectivity index (χ3v) is 9.25. The summed E-state index contributed by atoms with van der Waals surface area (Å²) in [6.45, 7) is 0. The number of fused-ring (bicyclic) bond motifs is 3. The average Bonchev–Trinajstić information content (AvgIpc) is 3.22. The fraction of sp³-hybridized carbons (Fsp3) is 0.125. The second-order valence-corrected chi connectivity index (χ2v) is 11.6. The number of hydrogen-bond acceptors (Lipinski definition) is 5. The number of rotatable bonds is 6. The number of amides is 2. The van der Waals surface area contributed by atoms with Crippen molar-refractivity contribution in [3.8, 4) is 5.75 Å². The molecule has 2 heterocycles. The van der Waals surface area contributed by atoms with Crippen molar-refractivity contribution >= 4 is 27.5 Å². The van der Waals surface area contributed by atoms with Gasteiger partial charge in [-0.25, -0.2) is 12.7 Å². The smallest absolute Gasteiger partial charge is 0.271 e. The van der Waals surface area contributed by atoms with Gasteiger partial charge in [0.15, 0.2) is 0 Å². The molecule has 0 aliphatic carbocycles. The van der Waals surface area contributed by atoms with Crippen molar-refractivity contribution in [2.45, 2.75) is 22.8 Å². The molecule has 8 heteroatoms. The molecule has 0 spiro atoms. The number of nitrogens with one attached hydrogen (secondary N) is 1. The minimum Gasteiger partial charge on any atom is -0.496 e. The van der Waals surface area contributed by atoms with Crippen LogP contribution >= 0.6 is 0 Å². The number of para-hydroxylation sites is 1. The van der Waals surface area contributed by atoms with Gasteiger partial charge in [-0.3, -0.25) is 9.59 Å². The second-order valence-electron chi connectivity index (χ2n) is 9.80. The van der Waals surface area contributed by atoms with E-state index in [4.69, 9.17) is 4.74 Å². The summed E-state index contributed by atoms with van der Waals surface area (Å²) in [5.41, 5.74) is 0.768. The molecule has 200 valence electrons. The summed E-state index contributed by atoms with van der Waals surface area (Å²) in [6, 6.07) is 31.7. The van der Waals surface area contributed by atoms with E-state index in [0.717, 1.165) is 9.87 Å². The lowest BCUT2D eigenvalue weighted by Gasteiger charge is -2.45. The number of carbonyl (C=O) groups is 2. The molecule has 0 unspecified atom stereocenters. The minimum atomic E-state index is -4.21. The predicted molar refractivity (Wildman–Crippen MR) is 151 cm³/mol. The van der Waals surface area contributed by atoms with Gasteiger partial charge in [-0.05, 0) is 35.9 Å². The largest absolute Gasteiger partial charge is 0.496 e. The maximum atomic E-state index is 14.8. The molecule has 4 aromatic carbocycles. The van der Waals surface area contributed by atoms with Crippen LogP contribution in [-0.4, -0.2) is 37.2 Å². The lowest BCUT2D eigenvalue weighted by Crippen LogP contribution is -2.65. The molecule has 0 saturated heterocycles. The highest BCUT2D eigenvalue weighted by Crippen LogP contribution is 2.50. The fourth-order valence-corrected chi connectivity index (χ4v) is 7.35. The Morgan fingerprint density at radius 1 is 0.875 bits per heavy atom. The highest BCUT2D eigenvalue weighted by Gasteiger charge is 2.58. The van der Waals surface area contributed by atoms with E-state index < -0.39 is 33.3 Å². The Morgan fingerprint density at radius 2 is 1.50 bits per heavy atom. The number of ether oxygens (including phenoxy) is 1. The summed E-state index contributed by atoms with van der Waals surface area (Å²) in [5.74, 6) is -1.47. The summed E-state index contributed by atoms with van der Waals surface area (Å²) in [5, 5.41) is 3.03. The van der Waals surface area contributed by atoms with Crippen LogP contribution in [0.4, 0.5) is 0 Å². The molecule has 0 aromatic heterocycles. The summed E-state index contributed by atoms with van der Waals surface area (Å²) in [7, 11) is -2.67. The molecule has 0 fully saturated rings. The Labute approximate surface area is 232 Å². The maximum absolute atomic E-state index is 14.8. The van der Waals surface area contributed by atoms with Gasteiger partial charge in [-0.2, -0.15) is 0 Å². The van der Waals surface area contributed by atoms with Gasteiger partial charge in [0, 0.05) is 29.0 Å². The van der Waals surface area contributed by atoms with Crippen molar-refractivity contribution in [3.63, 3.8) is 0 Å². The Kier molecular flexibility index (Phi) is 6.27. The van der Waals surface area contributed by atoms with Gasteiger partial charge in [0.25, 0.3) is 21.8 Å². The summed E-state index contributed by atoms with van der Waals surface area (Å²) < 4.78 is 34.2. The van der Waals surface area contributed by atoms with E-state index in [0.29, 0.717) is 22.4 Å². The van der Waals surface area contributed by atoms with Crippen molar-refractivity contribution in [1.82, 2.24) is 9.62 Å². The zero-order valence-electron chi connectivity index (χ0n) is 21.7. The average molecular weight is 551 g/mol. The number of sulfonamides is 1. The van der Waals surface area contributed by atoms with Crippen LogP contribution in [0.15, 0.2) is 120 Å². The first-order chi connectivity index (χ1) is 19.4. The molecule has 7 nitrogen and oxygen atoms in total. The van der Waals surface area contributed by atoms with Gasteiger partial charge >= 0.3 is 0 Å². The van der Waals surface area contributed by atoms with Gasteiger partial charge in [-0.15, -0.1) is 0 Å². The first-order valence-corrected chi connectivity index (χ1v) is 14.3. The predicted octanol–water partition coefficient (Wildman–Crippen LogP) is 4.78. The molecule has 6 rings (SSSR count). The molecular weight excluding hydrogens is 524 g/mol. The van der Waals surface area contributed by atoms with Crippen LogP contribution in [0.5, 0.6) is 5.75 Å². The van der Waals surface area contributed by atoms with Gasteiger partial charge in [0.05, 0.1) is 17.7 Å². The van der Waals surface area contributed by atoms with Gasteiger partial charge < -0.3 is 10.1 Å². The van der Waals surface area contributed by atoms with Crippen molar-refractivity contribution in [2.75, 3.05) is 7.11 Å². The SMILES string of the molecule is COc1ccccc1[C@@H]1C=C2c3ccccc3S(=O)(=O)N2C(=O)[C@]1(Cc1ccccc1)NC(=O)c1ccccc1. The molecule has 2 amide bonds. The number of carbonyl (C=O) groups excluding carboxylic acids is 2. The van der Waals surface area contributed by atoms with Crippen LogP contribution in [0.2, 0.25) is 0 Å². The molecular formula is C32H26N2O5S. The number of hydrogen-bond donors (Lipinski definition) is 1. The van der Waals surface area contributed by atoms with Gasteiger partial charge in [0.1, 0.15) is 11.3 Å². The Balaban J connectivity index is 1.64. The third-order valence-electron chi connectivity index (χ3n) is 7.49. The first-order valence-electron chi connectivity index (χ1n) is 12.8. The summed E-state index contributed by atoms with van der Waals surface area (Å²) >= 11 is 0. The van der Waals surface area contributed by atoms with Crippen molar-refractivity contribution < 1.29 is 22.7 Å². The molecule has 4 aromatic rings. The topological polar surface area (TPSA) is 92.8 Å². The fourth-order valence-electron chi connectivity index (χ4n) is 5.65. The second kappa shape index (κ2) is 9.81. The van der Waals surface area contributed by atoms with Crippen molar-refractivity contribution in [2.24, 2.45) is 0 Å². The van der Waals surface area contributed by atoms with E-state index in [2.05, 4.69) is 5.32 Å². The Hall–Kier alpha value is -4.69. The van der Waals surface area contributed by atoms with E-state index in [1.165, 1.54) is 6.07 Å². The summed E-state index contributed by atoms with van der Waals surface area (Å²) in [6.07, 6.45) is 1.82. The minimum absolute atomic E-state index is 0.0418. The van der Waals surface area contributed by atoms with E-state index in [-0.39, 0.29) is 17.0 Å².